The van der Waals surface area contributed by atoms with E-state index in [0.29, 0.717) is 0 Å². The Balaban J connectivity index is 3.70. The van der Waals surface area contributed by atoms with Crippen molar-refractivity contribution in [3.05, 3.63) is 30.3 Å². The molecule has 0 heterocycles. The summed E-state index contributed by atoms with van der Waals surface area (Å²) in [4.78, 5) is 1.61. The molecule has 0 aliphatic heterocycles. The minimum atomic E-state index is -2.40. The van der Waals surface area contributed by atoms with Gasteiger partial charge in [-0.1, -0.05) is 0 Å². The Kier molecular flexibility index (Phi) is 19.7. The van der Waals surface area contributed by atoms with Crippen molar-refractivity contribution in [2.45, 2.75) is 151 Å². The summed E-state index contributed by atoms with van der Waals surface area (Å²) in [6.07, 6.45) is 17.5. The molecule has 0 amide bonds. The minimum absolute atomic E-state index is 1.15. The predicted molar refractivity (Wildman–Crippen MR) is 166 cm³/mol. The zero-order valence-electron chi connectivity index (χ0n) is 24.1. The van der Waals surface area contributed by atoms with Crippen LogP contribution in [0.2, 0.25) is 26.6 Å². The summed E-state index contributed by atoms with van der Waals surface area (Å²) >= 11 is -2.32. The first-order valence-electron chi connectivity index (χ1n) is 15.3. The number of thioether (sulfide) groups is 1. The average molecular weight is 702 g/mol. The van der Waals surface area contributed by atoms with Gasteiger partial charge in [-0.25, -0.2) is 0 Å². The standard InChI is InChI=1S/C7H6S.6C4H9.2Sn/c1-8-7-5-3-2-4-6-7;6*1-3-4-2;;/h1-6H;6*1,3-4H2,2H3;;. The molecule has 0 nitrogen and oxygen atoms in total. The van der Waals surface area contributed by atoms with Crippen molar-refractivity contribution in [2.75, 3.05) is 0 Å². The summed E-state index contributed by atoms with van der Waals surface area (Å²) in [6, 6.07) is 11.8. The van der Waals surface area contributed by atoms with Crippen LogP contribution in [0.1, 0.15) is 119 Å². The second kappa shape index (κ2) is 20.2. The fraction of sp³-hybridized carbons (Fsp3) is 0.806. The van der Waals surface area contributed by atoms with E-state index in [0.717, 1.165) is 1.28 Å². The molecule has 34 heavy (non-hydrogen) atoms. The van der Waals surface area contributed by atoms with Gasteiger partial charge in [0.15, 0.2) is 0 Å². The van der Waals surface area contributed by atoms with Crippen LogP contribution in [0.25, 0.3) is 0 Å². The third-order valence-electron chi connectivity index (χ3n) is 8.28. The Morgan fingerprint density at radius 2 is 0.794 bits per heavy atom. The van der Waals surface area contributed by atoms with Gasteiger partial charge >= 0.3 is 230 Å². The number of hydrogen-bond acceptors (Lipinski definition) is 1. The number of hydrogen-bond donors (Lipinski definition) is 0. The Morgan fingerprint density at radius 3 is 1.06 bits per heavy atom. The van der Waals surface area contributed by atoms with Crippen LogP contribution in [0, 0.1) is 0 Å². The van der Waals surface area contributed by atoms with Gasteiger partial charge < -0.3 is 0 Å². The summed E-state index contributed by atoms with van der Waals surface area (Å²) in [5.41, 5.74) is 0. The van der Waals surface area contributed by atoms with Crippen LogP contribution in [-0.2, 0) is 0 Å². The van der Waals surface area contributed by atoms with Crippen molar-refractivity contribution in [1.82, 2.24) is 0 Å². The van der Waals surface area contributed by atoms with Gasteiger partial charge in [-0.3, -0.25) is 0 Å². The zero-order valence-corrected chi connectivity index (χ0v) is 30.6. The van der Waals surface area contributed by atoms with Crippen molar-refractivity contribution >= 4 is 48.5 Å². The van der Waals surface area contributed by atoms with Crippen LogP contribution in [0.15, 0.2) is 35.2 Å². The maximum absolute atomic E-state index is 2.49. The van der Waals surface area contributed by atoms with Gasteiger partial charge in [-0.05, 0) is 0 Å². The zero-order chi connectivity index (χ0) is 25.1. The fourth-order valence-corrected chi connectivity index (χ4v) is 90.7. The Bertz CT molecular complexity index is 513. The summed E-state index contributed by atoms with van der Waals surface area (Å²) < 4.78 is 11.3. The Hall–Kier alpha value is 1.17. The van der Waals surface area contributed by atoms with E-state index < -0.39 is 36.8 Å². The summed E-state index contributed by atoms with van der Waals surface area (Å²) in [5, 5.41) is 0. The van der Waals surface area contributed by atoms with Gasteiger partial charge in [0, 0.05) is 0 Å². The second-order valence-electron chi connectivity index (χ2n) is 11.2. The van der Waals surface area contributed by atoms with E-state index in [2.05, 4.69) is 83.6 Å². The molecular formula is C31H60SSn2. The normalized spacial score (nSPS) is 12.6. The van der Waals surface area contributed by atoms with Gasteiger partial charge in [0.2, 0.25) is 0 Å². The van der Waals surface area contributed by atoms with Crippen molar-refractivity contribution in [1.29, 1.82) is 0 Å². The molecule has 0 aromatic heterocycles. The molecule has 0 radical (unpaired) electrons. The van der Waals surface area contributed by atoms with E-state index in [-0.39, 0.29) is 0 Å². The molecule has 0 saturated heterocycles. The van der Waals surface area contributed by atoms with E-state index in [1.807, 2.05) is 0 Å². The van der Waals surface area contributed by atoms with Crippen LogP contribution in [0.4, 0.5) is 0 Å². The molecule has 0 N–H and O–H groups in total. The SMILES string of the molecule is CCC[CH2][Sn]([CH2]CCC)([CH2]CCC)[CH](Sc1ccccc1)[Sn]([CH2]CCC)([CH2]CCC)[CH2]CCC. The molecular weight excluding hydrogens is 642 g/mol. The second-order valence-corrected chi connectivity index (χ2v) is 46.8. The monoisotopic (exact) mass is 704 g/mol. The van der Waals surface area contributed by atoms with Crippen molar-refractivity contribution in [2.24, 2.45) is 0 Å². The summed E-state index contributed by atoms with van der Waals surface area (Å²) in [6.45, 7) is 14.7. The number of benzene rings is 1. The molecule has 0 spiro atoms. The first-order valence-corrected chi connectivity index (χ1v) is 31.6. The molecule has 0 saturated carbocycles. The topological polar surface area (TPSA) is 0 Å². The van der Waals surface area contributed by atoms with E-state index in [9.17, 15) is 0 Å². The van der Waals surface area contributed by atoms with Crippen molar-refractivity contribution in [3.8, 4) is 0 Å². The summed E-state index contributed by atoms with van der Waals surface area (Å²) in [5.74, 6) is 0. The molecule has 1 rings (SSSR count). The summed E-state index contributed by atoms with van der Waals surface area (Å²) in [7, 11) is 0. The molecule has 0 bridgehead atoms. The van der Waals surface area contributed by atoms with Gasteiger partial charge in [-0.15, -0.1) is 0 Å². The first kappa shape index (κ1) is 33.2. The molecule has 0 atom stereocenters. The Labute approximate surface area is 228 Å². The quantitative estimate of drug-likeness (QED) is 0.0856. The van der Waals surface area contributed by atoms with Crippen molar-refractivity contribution < 1.29 is 0 Å². The Morgan fingerprint density at radius 1 is 0.500 bits per heavy atom. The third-order valence-corrected chi connectivity index (χ3v) is 70.7. The molecule has 1 aromatic carbocycles. The predicted octanol–water partition coefficient (Wildman–Crippen LogP) is 11.9. The van der Waals surface area contributed by atoms with E-state index >= 15 is 0 Å². The van der Waals surface area contributed by atoms with Gasteiger partial charge in [0.05, 0.1) is 0 Å². The molecule has 0 unspecified atom stereocenters. The van der Waals surface area contributed by atoms with Crippen molar-refractivity contribution in [3.63, 3.8) is 0 Å². The van der Waals surface area contributed by atoms with Crippen LogP contribution < -0.4 is 0 Å². The van der Waals surface area contributed by atoms with Crippen LogP contribution >= 0.6 is 11.8 Å². The van der Waals surface area contributed by atoms with Crippen LogP contribution in [0.3, 0.4) is 0 Å². The maximum atomic E-state index is 2.49. The average Bonchev–Trinajstić information content (AvgIpc) is 2.88. The van der Waals surface area contributed by atoms with Gasteiger partial charge in [0.25, 0.3) is 0 Å². The van der Waals surface area contributed by atoms with Gasteiger partial charge in [0.1, 0.15) is 0 Å². The molecule has 1 aromatic rings. The third kappa shape index (κ3) is 11.3. The molecule has 198 valence electrons. The first-order chi connectivity index (χ1) is 16.6. The van der Waals surface area contributed by atoms with Gasteiger partial charge in [-0.2, -0.15) is 0 Å². The molecule has 0 aliphatic carbocycles. The number of unbranched alkanes of at least 4 members (excludes halogenated alkanes) is 6. The van der Waals surface area contributed by atoms with E-state index in [4.69, 9.17) is 0 Å². The van der Waals surface area contributed by atoms with E-state index in [1.54, 1.807) is 31.5 Å². The molecule has 0 fully saturated rings. The van der Waals surface area contributed by atoms with Crippen LogP contribution in [-0.4, -0.2) is 38.0 Å². The fourth-order valence-electron chi connectivity index (χ4n) is 6.24. The molecule has 3 heteroatoms. The van der Waals surface area contributed by atoms with Crippen LogP contribution in [0.5, 0.6) is 0 Å². The number of rotatable bonds is 22. The molecule has 0 aliphatic rings. The van der Waals surface area contributed by atoms with E-state index in [1.165, 1.54) is 77.0 Å².